The molecule has 0 bridgehead atoms. The van der Waals surface area contributed by atoms with Crippen LogP contribution < -0.4 is 4.90 Å². The van der Waals surface area contributed by atoms with Crippen LogP contribution in [0.25, 0.3) is 44.5 Å². The summed E-state index contributed by atoms with van der Waals surface area (Å²) < 4.78 is 0. The molecule has 8 aromatic carbocycles. The Balaban J connectivity index is 1.17. The topological polar surface area (TPSA) is 3.24 Å². The summed E-state index contributed by atoms with van der Waals surface area (Å²) in [4.78, 5) is 2.48. The Morgan fingerprint density at radius 1 is 0.302 bits per heavy atom. The first-order chi connectivity index (χ1) is 26.0. The molecular weight excluding hydrogens is 639 g/mol. The largest absolute Gasteiger partial charge is 0.310 e. The van der Waals surface area contributed by atoms with Crippen LogP contribution in [0, 0.1) is 0 Å². The van der Waals surface area contributed by atoms with Gasteiger partial charge < -0.3 is 4.90 Å². The highest BCUT2D eigenvalue weighted by molar-refractivity contribution is 5.96. The van der Waals surface area contributed by atoms with Gasteiger partial charge in [0, 0.05) is 22.5 Å². The number of anilines is 3. The van der Waals surface area contributed by atoms with Gasteiger partial charge in [-0.3, -0.25) is 0 Å². The number of benzene rings is 8. The number of fused-ring (bicyclic) bond motifs is 13. The summed E-state index contributed by atoms with van der Waals surface area (Å²) >= 11 is 0. The van der Waals surface area contributed by atoms with Crippen LogP contribution >= 0.6 is 0 Å². The zero-order valence-electron chi connectivity index (χ0n) is 29.8. The summed E-state index contributed by atoms with van der Waals surface area (Å²) in [6.45, 7) is 4.74. The van der Waals surface area contributed by atoms with Gasteiger partial charge in [-0.1, -0.05) is 166 Å². The summed E-state index contributed by atoms with van der Waals surface area (Å²) in [6, 6.07) is 70.2. The monoisotopic (exact) mass is 675 g/mol. The first kappa shape index (κ1) is 30.2. The van der Waals surface area contributed by atoms with Crippen LogP contribution in [0.3, 0.4) is 0 Å². The van der Waals surface area contributed by atoms with Gasteiger partial charge in [0.15, 0.2) is 0 Å². The van der Waals surface area contributed by atoms with Gasteiger partial charge in [-0.25, -0.2) is 0 Å². The Morgan fingerprint density at radius 3 is 1.30 bits per heavy atom. The van der Waals surface area contributed by atoms with Crippen molar-refractivity contribution in [1.82, 2.24) is 0 Å². The van der Waals surface area contributed by atoms with E-state index in [4.69, 9.17) is 0 Å². The molecule has 3 aliphatic carbocycles. The smallest absolute Gasteiger partial charge is 0.0726 e. The van der Waals surface area contributed by atoms with E-state index in [-0.39, 0.29) is 5.41 Å². The number of hydrogen-bond donors (Lipinski definition) is 0. The van der Waals surface area contributed by atoms with Crippen LogP contribution in [-0.4, -0.2) is 0 Å². The molecule has 0 fully saturated rings. The average Bonchev–Trinajstić information content (AvgIpc) is 3.77. The zero-order chi connectivity index (χ0) is 35.3. The van der Waals surface area contributed by atoms with Crippen LogP contribution in [0.2, 0.25) is 0 Å². The van der Waals surface area contributed by atoms with Crippen LogP contribution in [0.4, 0.5) is 17.1 Å². The Labute approximate surface area is 311 Å². The predicted octanol–water partition coefficient (Wildman–Crippen LogP) is 13.5. The lowest BCUT2D eigenvalue weighted by atomic mass is 9.70. The van der Waals surface area contributed by atoms with Crippen LogP contribution in [0.5, 0.6) is 0 Å². The normalized spacial score (nSPS) is 14.5. The molecule has 0 N–H and O–H groups in total. The van der Waals surface area contributed by atoms with Gasteiger partial charge in [-0.2, -0.15) is 0 Å². The highest BCUT2D eigenvalue weighted by atomic mass is 15.1. The van der Waals surface area contributed by atoms with E-state index in [1.807, 2.05) is 0 Å². The minimum Gasteiger partial charge on any atom is -0.310 e. The summed E-state index contributed by atoms with van der Waals surface area (Å²) in [6.07, 6.45) is 0. The standard InChI is InChI=1S/C52H37N/c1-51(2)45-23-10-6-19-39(45)43-29-27-37(32-49(43)51)53(36-18-14-17-35(31-36)34-15-4-3-5-16-34)38-28-30-44-42-22-9-13-26-48(42)52(50(44)33-38)46-24-11-7-20-40(46)41-21-8-12-25-47(41)52/h3-33H,1-2H3. The maximum Gasteiger partial charge on any atom is 0.0726 e. The number of nitrogens with zero attached hydrogens (tertiary/aromatic N) is 1. The molecule has 0 saturated carbocycles. The molecule has 8 aromatic rings. The van der Waals surface area contributed by atoms with Crippen molar-refractivity contribution in [3.05, 3.63) is 221 Å². The van der Waals surface area contributed by atoms with Crippen molar-refractivity contribution < 1.29 is 0 Å². The zero-order valence-corrected chi connectivity index (χ0v) is 29.8. The molecule has 0 aliphatic heterocycles. The lowest BCUT2D eigenvalue weighted by Crippen LogP contribution is -2.26. The minimum absolute atomic E-state index is 0.111. The Bertz CT molecular complexity index is 2710. The molecule has 1 nitrogen and oxygen atoms in total. The van der Waals surface area contributed by atoms with E-state index < -0.39 is 5.41 Å². The second-order valence-electron chi connectivity index (χ2n) is 15.3. The third-order valence-electron chi connectivity index (χ3n) is 12.3. The fourth-order valence-electron chi connectivity index (χ4n) is 9.96. The van der Waals surface area contributed by atoms with Crippen molar-refractivity contribution in [3.8, 4) is 44.5 Å². The maximum atomic E-state index is 2.50. The molecule has 1 heteroatoms. The highest BCUT2D eigenvalue weighted by Crippen LogP contribution is 2.63. The van der Waals surface area contributed by atoms with Crippen molar-refractivity contribution in [2.24, 2.45) is 0 Å². The van der Waals surface area contributed by atoms with Crippen molar-refractivity contribution in [3.63, 3.8) is 0 Å². The minimum atomic E-state index is -0.408. The predicted molar refractivity (Wildman–Crippen MR) is 220 cm³/mol. The van der Waals surface area contributed by atoms with E-state index in [9.17, 15) is 0 Å². The molecule has 0 radical (unpaired) electrons. The van der Waals surface area contributed by atoms with E-state index in [1.54, 1.807) is 0 Å². The van der Waals surface area contributed by atoms with Gasteiger partial charge in [0.2, 0.25) is 0 Å². The summed E-state index contributed by atoms with van der Waals surface area (Å²) in [5.74, 6) is 0. The first-order valence-corrected chi connectivity index (χ1v) is 18.7. The van der Waals surface area contributed by atoms with Gasteiger partial charge >= 0.3 is 0 Å². The SMILES string of the molecule is CC1(C)c2ccccc2-c2ccc(N(c3cccc(-c4ccccc4)c3)c3ccc4c(c3)C3(c5ccccc5-c5ccccc53)c3ccccc3-4)cc21. The average molecular weight is 676 g/mol. The third-order valence-corrected chi connectivity index (χ3v) is 12.3. The fourth-order valence-corrected chi connectivity index (χ4v) is 9.96. The molecular formula is C52H37N. The molecule has 1 spiro atoms. The van der Waals surface area contributed by atoms with Gasteiger partial charge in [-0.05, 0) is 114 Å². The van der Waals surface area contributed by atoms with E-state index in [0.717, 1.165) is 17.1 Å². The summed E-state index contributed by atoms with van der Waals surface area (Å²) in [7, 11) is 0. The van der Waals surface area contributed by atoms with Gasteiger partial charge in [0.25, 0.3) is 0 Å². The van der Waals surface area contributed by atoms with Crippen molar-refractivity contribution in [2.45, 2.75) is 24.7 Å². The van der Waals surface area contributed by atoms with Gasteiger partial charge in [0.05, 0.1) is 5.41 Å². The summed E-state index contributed by atoms with van der Waals surface area (Å²) in [5.41, 5.74) is 21.4. The molecule has 3 aliphatic rings. The molecule has 0 unspecified atom stereocenters. The molecule has 53 heavy (non-hydrogen) atoms. The van der Waals surface area contributed by atoms with E-state index in [2.05, 4.69) is 207 Å². The van der Waals surface area contributed by atoms with Gasteiger partial charge in [0.1, 0.15) is 0 Å². The molecule has 0 amide bonds. The van der Waals surface area contributed by atoms with E-state index >= 15 is 0 Å². The van der Waals surface area contributed by atoms with E-state index in [1.165, 1.54) is 77.9 Å². The molecule has 0 aromatic heterocycles. The van der Waals surface area contributed by atoms with E-state index in [0.29, 0.717) is 0 Å². The second kappa shape index (κ2) is 11.0. The Hall–Kier alpha value is -6.44. The second-order valence-corrected chi connectivity index (χ2v) is 15.3. The molecule has 11 rings (SSSR count). The Kier molecular flexibility index (Phi) is 6.29. The molecule has 0 atom stereocenters. The number of hydrogen-bond acceptors (Lipinski definition) is 1. The quantitative estimate of drug-likeness (QED) is 0.179. The molecule has 250 valence electrons. The lowest BCUT2D eigenvalue weighted by Gasteiger charge is -2.32. The van der Waals surface area contributed by atoms with Crippen molar-refractivity contribution in [1.29, 1.82) is 0 Å². The van der Waals surface area contributed by atoms with Crippen LogP contribution in [-0.2, 0) is 10.8 Å². The summed E-state index contributed by atoms with van der Waals surface area (Å²) in [5, 5.41) is 0. The van der Waals surface area contributed by atoms with Gasteiger partial charge in [-0.15, -0.1) is 0 Å². The molecule has 0 saturated heterocycles. The van der Waals surface area contributed by atoms with Crippen LogP contribution in [0.15, 0.2) is 188 Å². The van der Waals surface area contributed by atoms with Crippen molar-refractivity contribution in [2.75, 3.05) is 4.90 Å². The first-order valence-electron chi connectivity index (χ1n) is 18.7. The number of rotatable bonds is 4. The van der Waals surface area contributed by atoms with Crippen molar-refractivity contribution >= 4 is 17.1 Å². The van der Waals surface area contributed by atoms with Crippen LogP contribution in [0.1, 0.15) is 47.2 Å². The highest BCUT2D eigenvalue weighted by Gasteiger charge is 2.51. The fraction of sp³-hybridized carbons (Fsp3) is 0.0769. The third kappa shape index (κ3) is 4.08. The Morgan fingerprint density at radius 2 is 0.717 bits per heavy atom. The molecule has 0 heterocycles. The maximum absolute atomic E-state index is 2.50. The lowest BCUT2D eigenvalue weighted by molar-refractivity contribution is 0.660.